The Balaban J connectivity index is 1.90. The Morgan fingerprint density at radius 3 is 2.67 bits per heavy atom. The summed E-state index contributed by atoms with van der Waals surface area (Å²) >= 11 is 1.31. The van der Waals surface area contributed by atoms with Gasteiger partial charge in [0.1, 0.15) is 11.6 Å². The number of fused-ring (bicyclic) bond motifs is 1. The highest BCUT2D eigenvalue weighted by atomic mass is 32.1. The summed E-state index contributed by atoms with van der Waals surface area (Å²) in [6.07, 6.45) is 0. The maximum atomic E-state index is 14.0. The molecule has 0 aliphatic heterocycles. The number of benzene rings is 2. The van der Waals surface area contributed by atoms with Crippen LogP contribution in [0.1, 0.15) is 33.8 Å². The fraction of sp³-hybridized carbons (Fsp3) is 0.211. The van der Waals surface area contributed by atoms with E-state index in [1.54, 1.807) is 20.1 Å². The smallest absolute Gasteiger partial charge is 0.262 e. The first-order valence-corrected chi connectivity index (χ1v) is 8.46. The van der Waals surface area contributed by atoms with Crippen molar-refractivity contribution in [2.45, 2.75) is 19.9 Å². The van der Waals surface area contributed by atoms with Gasteiger partial charge in [0.2, 0.25) is 0 Å². The largest absolute Gasteiger partial charge is 0.496 e. The van der Waals surface area contributed by atoms with Crippen molar-refractivity contribution in [3.63, 3.8) is 0 Å². The SMILES string of the molecule is COc1ccccc1C(C)NC(=O)c1sc2cccc(F)c2c1C. The molecule has 1 atom stereocenters. The van der Waals surface area contributed by atoms with Gasteiger partial charge in [-0.25, -0.2) is 4.39 Å². The molecule has 0 fully saturated rings. The fourth-order valence-corrected chi connectivity index (χ4v) is 3.96. The minimum absolute atomic E-state index is 0.202. The lowest BCUT2D eigenvalue weighted by Gasteiger charge is -2.17. The van der Waals surface area contributed by atoms with Gasteiger partial charge >= 0.3 is 0 Å². The van der Waals surface area contributed by atoms with Gasteiger partial charge in [-0.2, -0.15) is 0 Å². The molecule has 0 saturated heterocycles. The van der Waals surface area contributed by atoms with E-state index in [0.717, 1.165) is 16.0 Å². The Labute approximate surface area is 144 Å². The zero-order chi connectivity index (χ0) is 17.3. The van der Waals surface area contributed by atoms with Crippen LogP contribution in [-0.4, -0.2) is 13.0 Å². The van der Waals surface area contributed by atoms with Crippen LogP contribution in [-0.2, 0) is 0 Å². The van der Waals surface area contributed by atoms with Crippen molar-refractivity contribution in [3.8, 4) is 5.75 Å². The van der Waals surface area contributed by atoms with Crippen molar-refractivity contribution in [1.82, 2.24) is 5.32 Å². The highest BCUT2D eigenvalue weighted by molar-refractivity contribution is 7.21. The van der Waals surface area contributed by atoms with Gasteiger partial charge in [0, 0.05) is 15.6 Å². The normalized spacial score (nSPS) is 12.2. The van der Waals surface area contributed by atoms with Gasteiger partial charge in [-0.1, -0.05) is 24.3 Å². The number of amides is 1. The number of thiophene rings is 1. The second-order valence-electron chi connectivity index (χ2n) is 5.61. The topological polar surface area (TPSA) is 38.3 Å². The number of aryl methyl sites for hydroxylation is 1. The Kier molecular flexibility index (Phi) is 4.53. The maximum absolute atomic E-state index is 14.0. The standard InChI is InChI=1S/C19H18FNO2S/c1-11-17-14(20)8-6-10-16(17)24-18(11)19(22)21-12(2)13-7-4-5-9-15(13)23-3/h4-10,12H,1-3H3,(H,21,22). The number of halogens is 1. The van der Waals surface area contributed by atoms with Crippen molar-refractivity contribution < 1.29 is 13.9 Å². The number of hydrogen-bond donors (Lipinski definition) is 1. The molecular weight excluding hydrogens is 325 g/mol. The molecule has 0 bridgehead atoms. The van der Waals surface area contributed by atoms with Gasteiger partial charge in [0.05, 0.1) is 18.0 Å². The average Bonchev–Trinajstić information content (AvgIpc) is 2.93. The molecule has 3 nitrogen and oxygen atoms in total. The van der Waals surface area contributed by atoms with Crippen LogP contribution in [0.5, 0.6) is 5.75 Å². The number of hydrogen-bond acceptors (Lipinski definition) is 3. The van der Waals surface area contributed by atoms with E-state index >= 15 is 0 Å². The van der Waals surface area contributed by atoms with Gasteiger partial charge in [0.25, 0.3) is 5.91 Å². The Morgan fingerprint density at radius 2 is 1.96 bits per heavy atom. The van der Waals surface area contributed by atoms with Crippen molar-refractivity contribution in [3.05, 3.63) is 64.3 Å². The van der Waals surface area contributed by atoms with E-state index in [0.29, 0.717) is 15.8 Å². The minimum Gasteiger partial charge on any atom is -0.496 e. The van der Waals surface area contributed by atoms with Gasteiger partial charge in [-0.05, 0) is 37.6 Å². The predicted octanol–water partition coefficient (Wildman–Crippen LogP) is 4.85. The van der Waals surface area contributed by atoms with Crippen LogP contribution in [0.2, 0.25) is 0 Å². The second kappa shape index (κ2) is 6.61. The van der Waals surface area contributed by atoms with Gasteiger partial charge in [-0.15, -0.1) is 11.3 Å². The lowest BCUT2D eigenvalue weighted by atomic mass is 10.1. The maximum Gasteiger partial charge on any atom is 0.262 e. The molecule has 24 heavy (non-hydrogen) atoms. The van der Waals surface area contributed by atoms with E-state index < -0.39 is 0 Å². The quantitative estimate of drug-likeness (QED) is 0.735. The predicted molar refractivity (Wildman–Crippen MR) is 95.4 cm³/mol. The van der Waals surface area contributed by atoms with Crippen LogP contribution in [0.4, 0.5) is 4.39 Å². The molecule has 0 aliphatic carbocycles. The molecule has 1 aromatic heterocycles. The molecule has 1 heterocycles. The fourth-order valence-electron chi connectivity index (χ4n) is 2.83. The van der Waals surface area contributed by atoms with E-state index in [1.165, 1.54) is 17.4 Å². The monoisotopic (exact) mass is 343 g/mol. The number of methoxy groups -OCH3 is 1. The highest BCUT2D eigenvalue weighted by Gasteiger charge is 2.20. The molecule has 124 valence electrons. The van der Waals surface area contributed by atoms with Gasteiger partial charge in [-0.3, -0.25) is 4.79 Å². The average molecular weight is 343 g/mol. The molecule has 5 heteroatoms. The first-order valence-electron chi connectivity index (χ1n) is 7.64. The van der Waals surface area contributed by atoms with Crippen molar-refractivity contribution in [2.24, 2.45) is 0 Å². The lowest BCUT2D eigenvalue weighted by Crippen LogP contribution is -2.26. The molecule has 0 aliphatic rings. The third-order valence-electron chi connectivity index (χ3n) is 4.06. The summed E-state index contributed by atoms with van der Waals surface area (Å²) in [5.41, 5.74) is 1.58. The molecule has 1 N–H and O–H groups in total. The first kappa shape index (κ1) is 16.5. The number of ether oxygens (including phenoxy) is 1. The van der Waals surface area contributed by atoms with Gasteiger partial charge in [0.15, 0.2) is 0 Å². The van der Waals surface area contributed by atoms with Crippen LogP contribution in [0.25, 0.3) is 10.1 Å². The molecule has 0 radical (unpaired) electrons. The van der Waals surface area contributed by atoms with Crippen molar-refractivity contribution in [1.29, 1.82) is 0 Å². The third kappa shape index (κ3) is 2.87. The number of para-hydroxylation sites is 1. The summed E-state index contributed by atoms with van der Waals surface area (Å²) in [4.78, 5) is 13.2. The van der Waals surface area contributed by atoms with Crippen molar-refractivity contribution in [2.75, 3.05) is 7.11 Å². The summed E-state index contributed by atoms with van der Waals surface area (Å²) in [6.45, 7) is 3.68. The molecule has 1 unspecified atom stereocenters. The number of rotatable bonds is 4. The molecule has 1 amide bonds. The lowest BCUT2D eigenvalue weighted by molar-refractivity contribution is 0.0943. The van der Waals surface area contributed by atoms with Crippen LogP contribution in [0, 0.1) is 12.7 Å². The van der Waals surface area contributed by atoms with Crippen LogP contribution in [0.3, 0.4) is 0 Å². The molecule has 3 rings (SSSR count). The third-order valence-corrected chi connectivity index (χ3v) is 5.32. The Bertz CT molecular complexity index is 904. The summed E-state index contributed by atoms with van der Waals surface area (Å²) in [5, 5.41) is 3.50. The van der Waals surface area contributed by atoms with Crippen LogP contribution < -0.4 is 10.1 Å². The second-order valence-corrected chi connectivity index (χ2v) is 6.66. The number of carbonyl (C=O) groups excluding carboxylic acids is 1. The van der Waals surface area contributed by atoms with E-state index in [-0.39, 0.29) is 17.8 Å². The number of carbonyl (C=O) groups is 1. The number of nitrogens with one attached hydrogen (secondary N) is 1. The molecular formula is C19H18FNO2S. The zero-order valence-corrected chi connectivity index (χ0v) is 14.5. The van der Waals surface area contributed by atoms with E-state index in [1.807, 2.05) is 37.3 Å². The summed E-state index contributed by atoms with van der Waals surface area (Å²) in [6, 6.07) is 12.3. The van der Waals surface area contributed by atoms with Crippen LogP contribution >= 0.6 is 11.3 Å². The summed E-state index contributed by atoms with van der Waals surface area (Å²) < 4.78 is 20.1. The summed E-state index contributed by atoms with van der Waals surface area (Å²) in [7, 11) is 1.60. The molecule has 0 saturated carbocycles. The highest BCUT2D eigenvalue weighted by Crippen LogP contribution is 2.33. The molecule has 2 aromatic carbocycles. The van der Waals surface area contributed by atoms with Gasteiger partial charge < -0.3 is 10.1 Å². The zero-order valence-electron chi connectivity index (χ0n) is 13.7. The molecule has 3 aromatic rings. The van der Waals surface area contributed by atoms with Crippen LogP contribution in [0.15, 0.2) is 42.5 Å². The first-order chi connectivity index (χ1) is 11.5. The Morgan fingerprint density at radius 1 is 1.21 bits per heavy atom. The van der Waals surface area contributed by atoms with E-state index in [9.17, 15) is 9.18 Å². The van der Waals surface area contributed by atoms with E-state index in [2.05, 4.69) is 5.32 Å². The molecule has 0 spiro atoms. The Hall–Kier alpha value is -2.40. The summed E-state index contributed by atoms with van der Waals surface area (Å²) in [5.74, 6) is 0.231. The van der Waals surface area contributed by atoms with E-state index in [4.69, 9.17) is 4.74 Å². The minimum atomic E-state index is -0.293. The van der Waals surface area contributed by atoms with Crippen molar-refractivity contribution >= 4 is 27.3 Å².